The Morgan fingerprint density at radius 1 is 1.23 bits per heavy atom. The van der Waals surface area contributed by atoms with E-state index in [1.807, 2.05) is 18.2 Å². The van der Waals surface area contributed by atoms with Crippen LogP contribution in [0.1, 0.15) is 37.0 Å². The third-order valence-electron chi connectivity index (χ3n) is 6.03. The van der Waals surface area contributed by atoms with Gasteiger partial charge in [0.15, 0.2) is 5.65 Å². The molecule has 1 aliphatic rings. The Labute approximate surface area is 178 Å². The average Bonchev–Trinajstić information content (AvgIpc) is 3.13. The van der Waals surface area contributed by atoms with Gasteiger partial charge in [0.05, 0.1) is 29.8 Å². The molecule has 1 aliphatic heterocycles. The van der Waals surface area contributed by atoms with Crippen molar-refractivity contribution in [2.24, 2.45) is 5.92 Å². The minimum Gasteiger partial charge on any atom is -0.379 e. The van der Waals surface area contributed by atoms with Crippen molar-refractivity contribution >= 4 is 22.5 Å². The molecule has 1 fully saturated rings. The van der Waals surface area contributed by atoms with E-state index < -0.39 is 0 Å². The summed E-state index contributed by atoms with van der Waals surface area (Å²) < 4.78 is 7.63. The largest absolute Gasteiger partial charge is 0.379 e. The molecule has 0 amide bonds. The highest BCUT2D eigenvalue weighted by Gasteiger charge is 2.21. The van der Waals surface area contributed by atoms with E-state index in [1.165, 1.54) is 5.56 Å². The van der Waals surface area contributed by atoms with Gasteiger partial charge in [0.2, 0.25) is 0 Å². The van der Waals surface area contributed by atoms with E-state index in [0.717, 1.165) is 80.3 Å². The maximum Gasteiger partial charge on any atom is 0.157 e. The molecule has 0 radical (unpaired) electrons. The second kappa shape index (κ2) is 9.03. The molecule has 0 unspecified atom stereocenters. The van der Waals surface area contributed by atoms with E-state index in [1.54, 1.807) is 0 Å². The number of nitriles is 1. The second-order valence-electron chi connectivity index (χ2n) is 8.51. The monoisotopic (exact) mass is 405 g/mol. The first-order valence-corrected chi connectivity index (χ1v) is 11.0. The van der Waals surface area contributed by atoms with Gasteiger partial charge in [0.1, 0.15) is 11.9 Å². The van der Waals surface area contributed by atoms with Gasteiger partial charge in [-0.15, -0.1) is 0 Å². The molecular weight excluding hydrogens is 374 g/mol. The summed E-state index contributed by atoms with van der Waals surface area (Å²) in [7, 11) is 0. The molecule has 0 aliphatic carbocycles. The Kier molecular flexibility index (Phi) is 6.21. The van der Waals surface area contributed by atoms with Crippen molar-refractivity contribution < 1.29 is 4.74 Å². The van der Waals surface area contributed by atoms with Gasteiger partial charge in [0, 0.05) is 26.2 Å². The highest BCUT2D eigenvalue weighted by atomic mass is 16.5. The number of anilines is 1. The molecule has 158 valence electrons. The number of pyridine rings is 1. The number of ether oxygens (including phenoxy) is 1. The SMILES string of the molecule is Cc1c(CCC(C)C)c(NCCN2CCOCC2)n2c(nc3ccccc32)c1C#N. The average molecular weight is 406 g/mol. The number of imidazole rings is 1. The number of morpholine rings is 1. The number of para-hydroxylation sites is 2. The first-order valence-electron chi connectivity index (χ1n) is 11.0. The van der Waals surface area contributed by atoms with E-state index >= 15 is 0 Å². The topological polar surface area (TPSA) is 65.6 Å². The molecule has 0 spiro atoms. The maximum absolute atomic E-state index is 9.94. The number of benzene rings is 1. The molecule has 2 aromatic heterocycles. The molecule has 6 nitrogen and oxygen atoms in total. The van der Waals surface area contributed by atoms with Crippen molar-refractivity contribution in [2.75, 3.05) is 44.7 Å². The van der Waals surface area contributed by atoms with Crippen LogP contribution in [0.25, 0.3) is 16.7 Å². The Morgan fingerprint density at radius 2 is 2.00 bits per heavy atom. The third kappa shape index (κ3) is 4.00. The Bertz CT molecular complexity index is 1070. The molecule has 1 aromatic carbocycles. The molecule has 4 rings (SSSR count). The molecule has 0 atom stereocenters. The molecule has 0 saturated carbocycles. The van der Waals surface area contributed by atoms with Crippen LogP contribution in [-0.4, -0.2) is 53.7 Å². The zero-order valence-electron chi connectivity index (χ0n) is 18.2. The quantitative estimate of drug-likeness (QED) is 0.644. The molecule has 30 heavy (non-hydrogen) atoms. The number of rotatable bonds is 7. The van der Waals surface area contributed by atoms with E-state index in [-0.39, 0.29) is 0 Å². The number of hydrogen-bond donors (Lipinski definition) is 1. The van der Waals surface area contributed by atoms with E-state index in [0.29, 0.717) is 11.5 Å². The van der Waals surface area contributed by atoms with Gasteiger partial charge in [-0.25, -0.2) is 4.98 Å². The van der Waals surface area contributed by atoms with Gasteiger partial charge in [-0.05, 0) is 48.9 Å². The number of fused-ring (bicyclic) bond motifs is 3. The lowest BCUT2D eigenvalue weighted by Crippen LogP contribution is -2.39. The number of nitrogens with one attached hydrogen (secondary N) is 1. The lowest BCUT2D eigenvalue weighted by Gasteiger charge is -2.27. The van der Waals surface area contributed by atoms with Gasteiger partial charge in [-0.1, -0.05) is 26.0 Å². The lowest BCUT2D eigenvalue weighted by molar-refractivity contribution is 0.0398. The number of nitrogens with zero attached hydrogens (tertiary/aromatic N) is 4. The smallest absolute Gasteiger partial charge is 0.157 e. The number of aromatic nitrogens is 2. The van der Waals surface area contributed by atoms with Crippen molar-refractivity contribution in [1.82, 2.24) is 14.3 Å². The number of hydrogen-bond acceptors (Lipinski definition) is 5. The molecule has 6 heteroatoms. The zero-order valence-corrected chi connectivity index (χ0v) is 18.2. The summed E-state index contributed by atoms with van der Waals surface area (Å²) in [4.78, 5) is 7.25. The summed E-state index contributed by atoms with van der Waals surface area (Å²) in [5.74, 6) is 1.69. The zero-order chi connectivity index (χ0) is 21.1. The summed E-state index contributed by atoms with van der Waals surface area (Å²) in [6.45, 7) is 12.0. The fraction of sp³-hybridized carbons (Fsp3) is 0.500. The predicted molar refractivity (Wildman–Crippen MR) is 121 cm³/mol. The Morgan fingerprint density at radius 3 is 2.73 bits per heavy atom. The van der Waals surface area contributed by atoms with Crippen LogP contribution in [0.5, 0.6) is 0 Å². The van der Waals surface area contributed by atoms with Gasteiger partial charge < -0.3 is 10.1 Å². The minimum atomic E-state index is 0.603. The van der Waals surface area contributed by atoms with Crippen LogP contribution >= 0.6 is 0 Å². The summed E-state index contributed by atoms with van der Waals surface area (Å²) in [6.07, 6.45) is 2.03. The van der Waals surface area contributed by atoms with E-state index in [4.69, 9.17) is 9.72 Å². The van der Waals surface area contributed by atoms with Crippen LogP contribution in [0.3, 0.4) is 0 Å². The standard InChI is InChI=1S/C24H31N5O/c1-17(2)8-9-19-18(3)20(16-25)24-27-21-6-4-5-7-22(21)29(24)23(19)26-10-11-28-12-14-30-15-13-28/h4-7,17,26H,8-15H2,1-3H3. The molecule has 0 bridgehead atoms. The van der Waals surface area contributed by atoms with Crippen LogP contribution in [0.2, 0.25) is 0 Å². The minimum absolute atomic E-state index is 0.603. The first-order chi connectivity index (χ1) is 14.6. The molecule has 1 N–H and O–H groups in total. The second-order valence-corrected chi connectivity index (χ2v) is 8.51. The van der Waals surface area contributed by atoms with Crippen LogP contribution in [0, 0.1) is 24.2 Å². The van der Waals surface area contributed by atoms with Crippen molar-refractivity contribution in [3.63, 3.8) is 0 Å². The molecule has 3 aromatic rings. The Hall–Kier alpha value is -2.62. The van der Waals surface area contributed by atoms with Gasteiger partial charge in [-0.3, -0.25) is 9.30 Å². The molecule has 3 heterocycles. The summed E-state index contributed by atoms with van der Waals surface area (Å²) in [5, 5.41) is 13.7. The van der Waals surface area contributed by atoms with Crippen LogP contribution in [-0.2, 0) is 11.2 Å². The summed E-state index contributed by atoms with van der Waals surface area (Å²) >= 11 is 0. The fourth-order valence-corrected chi connectivity index (χ4v) is 4.27. The van der Waals surface area contributed by atoms with Crippen molar-refractivity contribution in [1.29, 1.82) is 5.26 Å². The fourth-order valence-electron chi connectivity index (χ4n) is 4.27. The first kappa shape index (κ1) is 20.6. The molecular formula is C24H31N5O. The van der Waals surface area contributed by atoms with Gasteiger partial charge in [0.25, 0.3) is 0 Å². The van der Waals surface area contributed by atoms with E-state index in [2.05, 4.69) is 47.5 Å². The van der Waals surface area contributed by atoms with Crippen LogP contribution in [0.4, 0.5) is 5.82 Å². The van der Waals surface area contributed by atoms with Crippen molar-refractivity contribution in [3.8, 4) is 6.07 Å². The highest BCUT2D eigenvalue weighted by Crippen LogP contribution is 2.32. The van der Waals surface area contributed by atoms with Gasteiger partial charge in [-0.2, -0.15) is 5.26 Å². The van der Waals surface area contributed by atoms with Crippen molar-refractivity contribution in [3.05, 3.63) is 41.0 Å². The maximum atomic E-state index is 9.94. The summed E-state index contributed by atoms with van der Waals surface area (Å²) in [5.41, 5.74) is 5.68. The summed E-state index contributed by atoms with van der Waals surface area (Å²) in [6, 6.07) is 10.6. The third-order valence-corrected chi connectivity index (χ3v) is 6.03. The van der Waals surface area contributed by atoms with Crippen LogP contribution in [0.15, 0.2) is 24.3 Å². The molecule has 1 saturated heterocycles. The highest BCUT2D eigenvalue weighted by molar-refractivity contribution is 5.86. The normalized spacial score (nSPS) is 15.2. The van der Waals surface area contributed by atoms with Crippen LogP contribution < -0.4 is 5.32 Å². The van der Waals surface area contributed by atoms with E-state index in [9.17, 15) is 5.26 Å². The predicted octanol–water partition coefficient (Wildman–Crippen LogP) is 4.00. The Balaban J connectivity index is 1.79. The van der Waals surface area contributed by atoms with Gasteiger partial charge >= 0.3 is 0 Å². The lowest BCUT2D eigenvalue weighted by atomic mass is 9.97. The van der Waals surface area contributed by atoms with Crippen molar-refractivity contribution in [2.45, 2.75) is 33.6 Å².